The van der Waals surface area contributed by atoms with Gasteiger partial charge in [0.2, 0.25) is 0 Å². The molecule has 1 unspecified atom stereocenters. The van der Waals surface area contributed by atoms with E-state index in [0.717, 1.165) is 45.2 Å². The molecule has 0 bridgehead atoms. The lowest BCUT2D eigenvalue weighted by atomic mass is 9.72. The molecule has 0 N–H and O–H groups in total. The molecule has 0 radical (unpaired) electrons. The van der Waals surface area contributed by atoms with Crippen LogP contribution in [0.25, 0.3) is 0 Å². The number of likely N-dealkylation sites (tertiary alicyclic amines) is 1. The zero-order valence-electron chi connectivity index (χ0n) is 11.9. The molecule has 1 atom stereocenters. The second-order valence-electron chi connectivity index (χ2n) is 6.18. The number of carbonyl (C=O) groups excluding carboxylic acids is 1. The molecule has 1 saturated heterocycles. The van der Waals surface area contributed by atoms with Gasteiger partial charge in [-0.1, -0.05) is 31.1 Å². The van der Waals surface area contributed by atoms with E-state index >= 15 is 0 Å². The van der Waals surface area contributed by atoms with Gasteiger partial charge in [-0.2, -0.15) is 0 Å². The van der Waals surface area contributed by atoms with Crippen molar-refractivity contribution in [3.05, 3.63) is 23.8 Å². The quantitative estimate of drug-likeness (QED) is 0.754. The third-order valence-electron chi connectivity index (χ3n) is 5.02. The summed E-state index contributed by atoms with van der Waals surface area (Å²) in [6, 6.07) is 0. The summed E-state index contributed by atoms with van der Waals surface area (Å²) in [5, 5.41) is 0. The lowest BCUT2D eigenvalue weighted by Crippen LogP contribution is -2.58. The normalized spacial score (nSPS) is 33.3. The van der Waals surface area contributed by atoms with Crippen LogP contribution in [0.1, 0.15) is 57.8 Å². The van der Waals surface area contributed by atoms with Crippen molar-refractivity contribution in [2.24, 2.45) is 0 Å². The van der Waals surface area contributed by atoms with Gasteiger partial charge in [0, 0.05) is 6.42 Å². The van der Waals surface area contributed by atoms with Gasteiger partial charge in [-0.05, 0) is 57.2 Å². The summed E-state index contributed by atoms with van der Waals surface area (Å²) < 4.78 is 0. The predicted octanol–water partition coefficient (Wildman–Crippen LogP) is 3.63. The van der Waals surface area contributed by atoms with Gasteiger partial charge in [-0.15, -0.1) is 0 Å². The molecule has 3 aliphatic rings. The summed E-state index contributed by atoms with van der Waals surface area (Å²) in [7, 11) is 0. The highest BCUT2D eigenvalue weighted by Crippen LogP contribution is 2.40. The monoisotopic (exact) mass is 259 g/mol. The fourth-order valence-corrected chi connectivity index (χ4v) is 4.03. The first kappa shape index (κ1) is 13.1. The van der Waals surface area contributed by atoms with Gasteiger partial charge in [0.05, 0.1) is 0 Å². The summed E-state index contributed by atoms with van der Waals surface area (Å²) in [6.07, 6.45) is 17.0. The van der Waals surface area contributed by atoms with Crippen molar-refractivity contribution in [3.63, 3.8) is 0 Å². The van der Waals surface area contributed by atoms with E-state index in [9.17, 15) is 4.79 Å². The number of Topliss-reactive ketones (excluding diaryl/α,β-unsaturated/α-hetero) is 1. The molecular weight excluding hydrogens is 234 g/mol. The summed E-state index contributed by atoms with van der Waals surface area (Å²) in [5.41, 5.74) is 1.06. The van der Waals surface area contributed by atoms with Crippen LogP contribution in [0, 0.1) is 0 Å². The molecule has 0 aromatic rings. The average Bonchev–Trinajstić information content (AvgIpc) is 2.50. The number of rotatable bonds is 2. The van der Waals surface area contributed by atoms with Gasteiger partial charge < -0.3 is 0 Å². The van der Waals surface area contributed by atoms with E-state index in [2.05, 4.69) is 23.1 Å². The minimum atomic E-state index is -0.254. The summed E-state index contributed by atoms with van der Waals surface area (Å²) in [4.78, 5) is 15.3. The number of allylic oxidation sites excluding steroid dienone is 2. The molecule has 1 saturated carbocycles. The van der Waals surface area contributed by atoms with Crippen LogP contribution >= 0.6 is 0 Å². The Balaban J connectivity index is 1.96. The number of ketones is 1. The van der Waals surface area contributed by atoms with Crippen molar-refractivity contribution in [3.8, 4) is 0 Å². The number of hydrogen-bond acceptors (Lipinski definition) is 2. The molecule has 0 amide bonds. The average molecular weight is 259 g/mol. The van der Waals surface area contributed by atoms with E-state index in [0.29, 0.717) is 5.78 Å². The highest BCUT2D eigenvalue weighted by Gasteiger charge is 2.47. The molecular formula is C17H25NO. The van der Waals surface area contributed by atoms with Gasteiger partial charge in [-0.3, -0.25) is 9.69 Å². The van der Waals surface area contributed by atoms with Crippen LogP contribution in [0.15, 0.2) is 23.8 Å². The molecule has 3 rings (SSSR count). The Morgan fingerprint density at radius 1 is 1.00 bits per heavy atom. The Labute approximate surface area is 116 Å². The molecule has 0 aromatic carbocycles. The maximum Gasteiger partial charge on any atom is 0.157 e. The van der Waals surface area contributed by atoms with Gasteiger partial charge in [0.15, 0.2) is 5.78 Å². The third-order valence-corrected chi connectivity index (χ3v) is 5.02. The predicted molar refractivity (Wildman–Crippen MR) is 78.1 cm³/mol. The van der Waals surface area contributed by atoms with E-state index in [1.54, 1.807) is 0 Å². The van der Waals surface area contributed by atoms with Gasteiger partial charge in [0.25, 0.3) is 0 Å². The molecule has 2 heteroatoms. The molecule has 2 fully saturated rings. The van der Waals surface area contributed by atoms with Crippen molar-refractivity contribution < 1.29 is 4.79 Å². The number of piperidine rings is 1. The maximum atomic E-state index is 12.8. The summed E-state index contributed by atoms with van der Waals surface area (Å²) >= 11 is 0. The molecule has 104 valence electrons. The summed E-state index contributed by atoms with van der Waals surface area (Å²) in [5.74, 6) is 0.485. The molecule has 0 spiro atoms. The van der Waals surface area contributed by atoms with E-state index in [1.165, 1.54) is 31.3 Å². The largest absolute Gasteiger partial charge is 0.297 e. The first-order chi connectivity index (χ1) is 9.34. The highest BCUT2D eigenvalue weighted by atomic mass is 16.1. The SMILES string of the molecule is O=C1CCCCC1(C1=CCCC=C1)N1CCCCC1. The molecule has 2 nitrogen and oxygen atoms in total. The van der Waals surface area contributed by atoms with Gasteiger partial charge in [-0.25, -0.2) is 0 Å². The zero-order chi connectivity index (χ0) is 13.1. The lowest BCUT2D eigenvalue weighted by Gasteiger charge is -2.48. The minimum absolute atomic E-state index is 0.254. The van der Waals surface area contributed by atoms with Crippen molar-refractivity contribution in [1.82, 2.24) is 4.90 Å². The molecule has 0 aromatic heterocycles. The molecule has 19 heavy (non-hydrogen) atoms. The number of carbonyl (C=O) groups is 1. The zero-order valence-corrected chi connectivity index (χ0v) is 11.9. The molecule has 2 aliphatic carbocycles. The van der Waals surface area contributed by atoms with E-state index < -0.39 is 0 Å². The van der Waals surface area contributed by atoms with Crippen molar-refractivity contribution in [1.29, 1.82) is 0 Å². The molecule has 1 aliphatic heterocycles. The topological polar surface area (TPSA) is 20.3 Å². The van der Waals surface area contributed by atoms with Crippen LogP contribution < -0.4 is 0 Å². The van der Waals surface area contributed by atoms with Crippen LogP contribution in [0.4, 0.5) is 0 Å². The second-order valence-corrected chi connectivity index (χ2v) is 6.18. The Hall–Kier alpha value is -0.890. The van der Waals surface area contributed by atoms with Crippen molar-refractivity contribution >= 4 is 5.78 Å². The Kier molecular flexibility index (Phi) is 3.88. The minimum Gasteiger partial charge on any atom is -0.297 e. The van der Waals surface area contributed by atoms with E-state index in [1.807, 2.05) is 0 Å². The number of hydrogen-bond donors (Lipinski definition) is 0. The fraction of sp³-hybridized carbons (Fsp3) is 0.706. The van der Waals surface area contributed by atoms with Gasteiger partial charge >= 0.3 is 0 Å². The second kappa shape index (κ2) is 5.62. The van der Waals surface area contributed by atoms with Crippen molar-refractivity contribution in [2.75, 3.05) is 13.1 Å². The fourth-order valence-electron chi connectivity index (χ4n) is 4.03. The summed E-state index contributed by atoms with van der Waals surface area (Å²) in [6.45, 7) is 2.22. The first-order valence-corrected chi connectivity index (χ1v) is 7.99. The van der Waals surface area contributed by atoms with Crippen LogP contribution in [0.3, 0.4) is 0 Å². The standard InChI is InChI=1S/C17H25NO/c19-16-11-5-6-12-17(16,15-9-3-1-4-10-15)18-13-7-2-8-14-18/h3,9-10H,1-2,4-8,11-14H2. The van der Waals surface area contributed by atoms with E-state index in [-0.39, 0.29) is 5.54 Å². The first-order valence-electron chi connectivity index (χ1n) is 7.99. The maximum absolute atomic E-state index is 12.8. The van der Waals surface area contributed by atoms with Gasteiger partial charge in [0.1, 0.15) is 5.54 Å². The van der Waals surface area contributed by atoms with Crippen LogP contribution in [0.2, 0.25) is 0 Å². The Bertz CT molecular complexity index is 403. The Morgan fingerprint density at radius 3 is 2.53 bits per heavy atom. The molecule has 1 heterocycles. The smallest absolute Gasteiger partial charge is 0.157 e. The third kappa shape index (κ3) is 2.31. The van der Waals surface area contributed by atoms with Crippen LogP contribution in [-0.4, -0.2) is 29.3 Å². The van der Waals surface area contributed by atoms with Crippen molar-refractivity contribution in [2.45, 2.75) is 63.3 Å². The number of nitrogens with zero attached hydrogens (tertiary/aromatic N) is 1. The van der Waals surface area contributed by atoms with Crippen LogP contribution in [0.5, 0.6) is 0 Å². The highest BCUT2D eigenvalue weighted by molar-refractivity contribution is 5.93. The Morgan fingerprint density at radius 2 is 1.84 bits per heavy atom. The van der Waals surface area contributed by atoms with E-state index in [4.69, 9.17) is 0 Å². The lowest BCUT2D eigenvalue weighted by molar-refractivity contribution is -0.132. The van der Waals surface area contributed by atoms with Crippen LogP contribution in [-0.2, 0) is 4.79 Å².